The number of benzene rings is 1. The van der Waals surface area contributed by atoms with Crippen molar-refractivity contribution < 1.29 is 9.53 Å². The topological polar surface area (TPSA) is 76.1 Å². The largest absolute Gasteiger partial charge is 0.368 e. The lowest BCUT2D eigenvalue weighted by molar-refractivity contribution is -0.124. The zero-order valence-electron chi connectivity index (χ0n) is 12.7. The summed E-state index contributed by atoms with van der Waals surface area (Å²) in [5, 5.41) is 14.0. The van der Waals surface area contributed by atoms with Gasteiger partial charge < -0.3 is 15.4 Å². The predicted molar refractivity (Wildman–Crippen MR) is 91.8 cm³/mol. The van der Waals surface area contributed by atoms with Gasteiger partial charge in [-0.1, -0.05) is 22.0 Å². The molecule has 1 saturated heterocycles. The standard InChI is InChI=1S/C16H17BrN4O2/c1-10-4-5-11(9-12(10)17)18-14-6-7-15(21-20-14)19-16(22)13-3-2-8-23-13/h4-7,9,13H,2-3,8H2,1H3,(H,18,20)(H,19,21,22). The Morgan fingerprint density at radius 2 is 2.04 bits per heavy atom. The smallest absolute Gasteiger partial charge is 0.254 e. The van der Waals surface area contributed by atoms with Gasteiger partial charge in [-0.3, -0.25) is 4.79 Å². The van der Waals surface area contributed by atoms with Crippen LogP contribution in [0.1, 0.15) is 18.4 Å². The molecular formula is C16H17BrN4O2. The molecule has 3 rings (SSSR count). The number of rotatable bonds is 4. The number of hydrogen-bond acceptors (Lipinski definition) is 5. The quantitative estimate of drug-likeness (QED) is 0.854. The first-order valence-corrected chi connectivity index (χ1v) is 8.20. The molecule has 1 aromatic heterocycles. The van der Waals surface area contributed by atoms with E-state index in [1.54, 1.807) is 12.1 Å². The SMILES string of the molecule is Cc1ccc(Nc2ccc(NC(=O)C3CCCO3)nn2)cc1Br. The maximum atomic E-state index is 11.9. The van der Waals surface area contributed by atoms with Gasteiger partial charge in [0, 0.05) is 16.8 Å². The fourth-order valence-electron chi connectivity index (χ4n) is 2.28. The number of aryl methyl sites for hydroxylation is 1. The average molecular weight is 377 g/mol. The summed E-state index contributed by atoms with van der Waals surface area (Å²) in [6, 6.07) is 9.44. The van der Waals surface area contributed by atoms with Crippen LogP contribution >= 0.6 is 15.9 Å². The number of nitrogens with one attached hydrogen (secondary N) is 2. The molecule has 1 aliphatic rings. The molecule has 7 heteroatoms. The number of hydrogen-bond donors (Lipinski definition) is 2. The molecule has 1 aliphatic heterocycles. The highest BCUT2D eigenvalue weighted by Gasteiger charge is 2.23. The number of carbonyl (C=O) groups excluding carboxylic acids is 1. The minimum atomic E-state index is -0.375. The number of ether oxygens (including phenoxy) is 1. The summed E-state index contributed by atoms with van der Waals surface area (Å²) in [6.07, 6.45) is 1.29. The van der Waals surface area contributed by atoms with Crippen LogP contribution in [0.2, 0.25) is 0 Å². The van der Waals surface area contributed by atoms with E-state index in [1.807, 2.05) is 25.1 Å². The van der Waals surface area contributed by atoms with Crippen LogP contribution in [0.25, 0.3) is 0 Å². The second kappa shape index (κ2) is 7.06. The van der Waals surface area contributed by atoms with Gasteiger partial charge in [-0.15, -0.1) is 10.2 Å². The summed E-state index contributed by atoms with van der Waals surface area (Å²) in [5.41, 5.74) is 2.07. The van der Waals surface area contributed by atoms with Gasteiger partial charge in [-0.2, -0.15) is 0 Å². The molecular weight excluding hydrogens is 360 g/mol. The molecule has 0 spiro atoms. The van der Waals surface area contributed by atoms with Crippen molar-refractivity contribution in [3.63, 3.8) is 0 Å². The molecule has 0 aliphatic carbocycles. The third-order valence-corrected chi connectivity index (χ3v) is 4.44. The van der Waals surface area contributed by atoms with Crippen LogP contribution in [0.5, 0.6) is 0 Å². The van der Waals surface area contributed by atoms with E-state index >= 15 is 0 Å². The predicted octanol–water partition coefficient (Wildman–Crippen LogP) is 3.41. The van der Waals surface area contributed by atoms with Crippen molar-refractivity contribution in [3.05, 3.63) is 40.4 Å². The summed E-state index contributed by atoms with van der Waals surface area (Å²) in [4.78, 5) is 11.9. The molecule has 1 aromatic carbocycles. The first kappa shape index (κ1) is 15.9. The Kier molecular flexibility index (Phi) is 4.88. The van der Waals surface area contributed by atoms with Crippen LogP contribution in [0.4, 0.5) is 17.3 Å². The van der Waals surface area contributed by atoms with Gasteiger partial charge in [-0.25, -0.2) is 0 Å². The van der Waals surface area contributed by atoms with E-state index in [0.29, 0.717) is 18.2 Å². The lowest BCUT2D eigenvalue weighted by atomic mass is 10.2. The van der Waals surface area contributed by atoms with Crippen molar-refractivity contribution >= 4 is 39.2 Å². The van der Waals surface area contributed by atoms with Gasteiger partial charge >= 0.3 is 0 Å². The Morgan fingerprint density at radius 1 is 1.26 bits per heavy atom. The molecule has 6 nitrogen and oxygen atoms in total. The molecule has 2 heterocycles. The summed E-state index contributed by atoms with van der Waals surface area (Å²) in [7, 11) is 0. The Labute approximate surface area is 142 Å². The lowest BCUT2D eigenvalue weighted by Gasteiger charge is -2.10. The lowest BCUT2D eigenvalue weighted by Crippen LogP contribution is -2.27. The van der Waals surface area contributed by atoms with Gasteiger partial charge in [0.25, 0.3) is 5.91 Å². The van der Waals surface area contributed by atoms with Crippen LogP contribution in [0.3, 0.4) is 0 Å². The Hall–Kier alpha value is -1.99. The van der Waals surface area contributed by atoms with E-state index in [0.717, 1.165) is 28.6 Å². The normalized spacial score (nSPS) is 17.0. The molecule has 0 bridgehead atoms. The fourth-order valence-corrected chi connectivity index (χ4v) is 2.65. The Bertz CT molecular complexity index is 700. The summed E-state index contributed by atoms with van der Waals surface area (Å²) in [6.45, 7) is 2.66. The van der Waals surface area contributed by atoms with E-state index in [4.69, 9.17) is 4.74 Å². The van der Waals surface area contributed by atoms with Crippen LogP contribution in [-0.2, 0) is 9.53 Å². The highest BCUT2D eigenvalue weighted by atomic mass is 79.9. The maximum absolute atomic E-state index is 11.9. The molecule has 0 radical (unpaired) electrons. The van der Waals surface area contributed by atoms with Crippen molar-refractivity contribution in [2.75, 3.05) is 17.2 Å². The van der Waals surface area contributed by atoms with Crippen molar-refractivity contribution in [2.45, 2.75) is 25.9 Å². The molecule has 1 fully saturated rings. The molecule has 1 unspecified atom stereocenters. The second-order valence-corrected chi connectivity index (χ2v) is 6.24. The average Bonchev–Trinajstić information content (AvgIpc) is 3.07. The van der Waals surface area contributed by atoms with Crippen molar-refractivity contribution in [1.82, 2.24) is 10.2 Å². The van der Waals surface area contributed by atoms with Crippen molar-refractivity contribution in [3.8, 4) is 0 Å². The highest BCUT2D eigenvalue weighted by molar-refractivity contribution is 9.10. The first-order chi connectivity index (χ1) is 11.1. The summed E-state index contributed by atoms with van der Waals surface area (Å²) in [5.74, 6) is 0.858. The van der Waals surface area contributed by atoms with Gasteiger partial charge in [0.2, 0.25) is 0 Å². The van der Waals surface area contributed by atoms with Crippen molar-refractivity contribution in [1.29, 1.82) is 0 Å². The van der Waals surface area contributed by atoms with Crippen LogP contribution in [-0.4, -0.2) is 28.8 Å². The molecule has 2 N–H and O–H groups in total. The number of aromatic nitrogens is 2. The molecule has 23 heavy (non-hydrogen) atoms. The van der Waals surface area contributed by atoms with Crippen molar-refractivity contribution in [2.24, 2.45) is 0 Å². The zero-order valence-corrected chi connectivity index (χ0v) is 14.3. The zero-order chi connectivity index (χ0) is 16.2. The third-order valence-electron chi connectivity index (χ3n) is 3.58. The second-order valence-electron chi connectivity index (χ2n) is 5.38. The maximum Gasteiger partial charge on any atom is 0.254 e. The van der Waals surface area contributed by atoms with Crippen LogP contribution < -0.4 is 10.6 Å². The molecule has 1 amide bonds. The first-order valence-electron chi connectivity index (χ1n) is 7.41. The Balaban J connectivity index is 1.62. The van der Waals surface area contributed by atoms with Crippen LogP contribution in [0, 0.1) is 6.92 Å². The number of nitrogens with zero attached hydrogens (tertiary/aromatic N) is 2. The van der Waals surface area contributed by atoms with E-state index < -0.39 is 0 Å². The minimum Gasteiger partial charge on any atom is -0.368 e. The summed E-state index contributed by atoms with van der Waals surface area (Å²) >= 11 is 3.49. The molecule has 1 atom stereocenters. The van der Waals surface area contributed by atoms with Gasteiger partial charge in [-0.05, 0) is 49.6 Å². The number of amides is 1. The third kappa shape index (κ3) is 4.05. The van der Waals surface area contributed by atoms with E-state index in [9.17, 15) is 4.79 Å². The van der Waals surface area contributed by atoms with Gasteiger partial charge in [0.1, 0.15) is 6.10 Å². The van der Waals surface area contributed by atoms with Gasteiger partial charge in [0.05, 0.1) is 0 Å². The number of carbonyl (C=O) groups is 1. The van der Waals surface area contributed by atoms with E-state index in [1.165, 1.54) is 0 Å². The molecule has 2 aromatic rings. The minimum absolute atomic E-state index is 0.167. The van der Waals surface area contributed by atoms with E-state index in [-0.39, 0.29) is 12.0 Å². The monoisotopic (exact) mass is 376 g/mol. The number of halogens is 1. The molecule has 0 saturated carbocycles. The highest BCUT2D eigenvalue weighted by Crippen LogP contribution is 2.23. The fraction of sp³-hybridized carbons (Fsp3) is 0.312. The van der Waals surface area contributed by atoms with Crippen LogP contribution in [0.15, 0.2) is 34.8 Å². The summed E-state index contributed by atoms with van der Waals surface area (Å²) < 4.78 is 6.36. The molecule has 120 valence electrons. The van der Waals surface area contributed by atoms with E-state index in [2.05, 4.69) is 36.8 Å². The van der Waals surface area contributed by atoms with Gasteiger partial charge in [0.15, 0.2) is 11.6 Å². The Morgan fingerprint density at radius 3 is 2.70 bits per heavy atom. The number of anilines is 3.